The number of carbonyl (C=O) groups excluding carboxylic acids is 1. The van der Waals surface area contributed by atoms with Gasteiger partial charge in [0, 0.05) is 33.0 Å². The zero-order valence-electron chi connectivity index (χ0n) is 18.1. The van der Waals surface area contributed by atoms with Crippen molar-refractivity contribution in [1.82, 2.24) is 19.8 Å². The molecule has 160 valence electrons. The number of amides is 1. The lowest BCUT2D eigenvalue weighted by Gasteiger charge is -2.38. The molecule has 0 unspecified atom stereocenters. The Morgan fingerprint density at radius 3 is 2.58 bits per heavy atom. The van der Waals surface area contributed by atoms with E-state index in [1.165, 1.54) is 0 Å². The van der Waals surface area contributed by atoms with Gasteiger partial charge in [-0.3, -0.25) is 19.7 Å². The molecule has 6 nitrogen and oxygen atoms in total. The molecule has 0 aliphatic carbocycles. The Bertz CT molecular complexity index is 1010. The van der Waals surface area contributed by atoms with Crippen molar-refractivity contribution in [1.29, 1.82) is 0 Å². The van der Waals surface area contributed by atoms with Crippen LogP contribution in [0.5, 0.6) is 5.75 Å². The standard InChI is InChI=1S/C25H28N4O2/c1-28(2)24(30)25(23-12-4-6-15-27-23)13-8-16-29(25)18-20-9-7-11-22(17-20)31-19-21-10-3-5-14-26-21/h3-7,9-12,14-15,17H,8,13,16,18-19H2,1-2H3/t25-/m1/s1. The third-order valence-electron chi connectivity index (χ3n) is 5.74. The first-order chi connectivity index (χ1) is 15.1. The molecule has 1 amide bonds. The summed E-state index contributed by atoms with van der Waals surface area (Å²) in [6.07, 6.45) is 5.24. The van der Waals surface area contributed by atoms with Crippen LogP contribution in [-0.4, -0.2) is 46.3 Å². The lowest BCUT2D eigenvalue weighted by Crippen LogP contribution is -2.52. The lowest BCUT2D eigenvalue weighted by atomic mass is 9.89. The molecule has 3 aromatic rings. The van der Waals surface area contributed by atoms with Crippen LogP contribution in [0.2, 0.25) is 0 Å². The minimum Gasteiger partial charge on any atom is -0.487 e. The van der Waals surface area contributed by atoms with E-state index in [4.69, 9.17) is 4.74 Å². The van der Waals surface area contributed by atoms with Crippen LogP contribution in [0.3, 0.4) is 0 Å². The van der Waals surface area contributed by atoms with Crippen LogP contribution in [0.1, 0.15) is 29.8 Å². The van der Waals surface area contributed by atoms with Gasteiger partial charge >= 0.3 is 0 Å². The zero-order valence-corrected chi connectivity index (χ0v) is 18.1. The summed E-state index contributed by atoms with van der Waals surface area (Å²) in [6.45, 7) is 1.91. The smallest absolute Gasteiger partial charge is 0.248 e. The molecule has 0 N–H and O–H groups in total. The van der Waals surface area contributed by atoms with E-state index in [0.29, 0.717) is 13.2 Å². The van der Waals surface area contributed by atoms with Gasteiger partial charge in [-0.1, -0.05) is 24.3 Å². The molecule has 31 heavy (non-hydrogen) atoms. The summed E-state index contributed by atoms with van der Waals surface area (Å²) in [7, 11) is 3.63. The molecule has 1 fully saturated rings. The summed E-state index contributed by atoms with van der Waals surface area (Å²) < 4.78 is 5.95. The molecule has 1 aromatic carbocycles. The van der Waals surface area contributed by atoms with Gasteiger partial charge in [0.25, 0.3) is 0 Å². The van der Waals surface area contributed by atoms with Crippen LogP contribution in [0.4, 0.5) is 0 Å². The van der Waals surface area contributed by atoms with Gasteiger partial charge in [-0.15, -0.1) is 0 Å². The fourth-order valence-electron chi connectivity index (χ4n) is 4.30. The maximum Gasteiger partial charge on any atom is 0.248 e. The van der Waals surface area contributed by atoms with Crippen molar-refractivity contribution in [3.63, 3.8) is 0 Å². The van der Waals surface area contributed by atoms with Crippen LogP contribution >= 0.6 is 0 Å². The number of rotatable bonds is 7. The van der Waals surface area contributed by atoms with Crippen molar-refractivity contribution < 1.29 is 9.53 Å². The highest BCUT2D eigenvalue weighted by atomic mass is 16.5. The number of carbonyl (C=O) groups is 1. The number of benzene rings is 1. The van der Waals surface area contributed by atoms with Gasteiger partial charge < -0.3 is 9.64 Å². The molecular weight excluding hydrogens is 388 g/mol. The highest BCUT2D eigenvalue weighted by Gasteiger charge is 2.50. The molecule has 0 bridgehead atoms. The summed E-state index contributed by atoms with van der Waals surface area (Å²) in [5.41, 5.74) is 2.06. The monoisotopic (exact) mass is 416 g/mol. The summed E-state index contributed by atoms with van der Waals surface area (Å²) in [4.78, 5) is 26.2. The second-order valence-electron chi connectivity index (χ2n) is 8.06. The highest BCUT2D eigenvalue weighted by molar-refractivity contribution is 5.87. The van der Waals surface area contributed by atoms with Crippen LogP contribution in [-0.2, 0) is 23.5 Å². The number of hydrogen-bond donors (Lipinski definition) is 0. The molecule has 3 heterocycles. The van der Waals surface area contributed by atoms with Gasteiger partial charge in [-0.2, -0.15) is 0 Å². The van der Waals surface area contributed by atoms with Gasteiger partial charge in [0.15, 0.2) is 0 Å². The predicted molar refractivity (Wildman–Crippen MR) is 119 cm³/mol. The van der Waals surface area contributed by atoms with E-state index in [1.807, 2.05) is 68.7 Å². The van der Waals surface area contributed by atoms with Crippen LogP contribution in [0.15, 0.2) is 73.1 Å². The zero-order chi connectivity index (χ0) is 21.7. The molecule has 0 saturated carbocycles. The van der Waals surface area contributed by atoms with E-state index in [0.717, 1.165) is 42.1 Å². The Morgan fingerprint density at radius 1 is 1.06 bits per heavy atom. The van der Waals surface area contributed by atoms with Crippen molar-refractivity contribution in [2.24, 2.45) is 0 Å². The Labute approximate surface area is 183 Å². The van der Waals surface area contributed by atoms with Gasteiger partial charge in [0.2, 0.25) is 5.91 Å². The number of aromatic nitrogens is 2. The Balaban J connectivity index is 1.56. The van der Waals surface area contributed by atoms with Crippen molar-refractivity contribution in [2.75, 3.05) is 20.6 Å². The number of pyridine rings is 2. The fourth-order valence-corrected chi connectivity index (χ4v) is 4.30. The van der Waals surface area contributed by atoms with Crippen molar-refractivity contribution in [3.8, 4) is 5.75 Å². The van der Waals surface area contributed by atoms with Crippen molar-refractivity contribution in [3.05, 3.63) is 90.0 Å². The summed E-state index contributed by atoms with van der Waals surface area (Å²) in [6, 6.07) is 19.7. The fraction of sp³-hybridized carbons (Fsp3) is 0.320. The molecule has 0 spiro atoms. The van der Waals surface area contributed by atoms with E-state index in [2.05, 4.69) is 20.9 Å². The maximum atomic E-state index is 13.4. The highest BCUT2D eigenvalue weighted by Crippen LogP contribution is 2.40. The van der Waals surface area contributed by atoms with E-state index in [9.17, 15) is 4.79 Å². The number of likely N-dealkylation sites (N-methyl/N-ethyl adjacent to an activating group) is 1. The Kier molecular flexibility index (Phi) is 6.28. The van der Waals surface area contributed by atoms with E-state index < -0.39 is 5.54 Å². The topological polar surface area (TPSA) is 58.6 Å². The number of ether oxygens (including phenoxy) is 1. The van der Waals surface area contributed by atoms with Gasteiger partial charge in [-0.25, -0.2) is 0 Å². The molecule has 6 heteroatoms. The number of nitrogens with zero attached hydrogens (tertiary/aromatic N) is 4. The largest absolute Gasteiger partial charge is 0.487 e. The molecule has 1 saturated heterocycles. The molecule has 1 atom stereocenters. The average Bonchev–Trinajstić information content (AvgIpc) is 3.23. The predicted octanol–water partition coefficient (Wildman–Crippen LogP) is 3.64. The van der Waals surface area contributed by atoms with Crippen molar-refractivity contribution in [2.45, 2.75) is 31.5 Å². The molecule has 0 radical (unpaired) electrons. The Morgan fingerprint density at radius 2 is 1.87 bits per heavy atom. The summed E-state index contributed by atoms with van der Waals surface area (Å²) in [5, 5.41) is 0. The van der Waals surface area contributed by atoms with Gasteiger partial charge in [-0.05, 0) is 61.3 Å². The maximum absolute atomic E-state index is 13.4. The quantitative estimate of drug-likeness (QED) is 0.589. The summed E-state index contributed by atoms with van der Waals surface area (Å²) >= 11 is 0. The molecule has 2 aromatic heterocycles. The first-order valence-electron chi connectivity index (χ1n) is 10.6. The van der Waals surface area contributed by atoms with Crippen LogP contribution in [0.25, 0.3) is 0 Å². The number of hydrogen-bond acceptors (Lipinski definition) is 5. The third-order valence-corrected chi connectivity index (χ3v) is 5.74. The Hall–Kier alpha value is -3.25. The minimum absolute atomic E-state index is 0.0752. The van der Waals surface area contributed by atoms with Gasteiger partial charge in [0.05, 0.1) is 11.4 Å². The molecule has 1 aliphatic heterocycles. The van der Waals surface area contributed by atoms with E-state index in [-0.39, 0.29) is 5.91 Å². The van der Waals surface area contributed by atoms with Crippen LogP contribution < -0.4 is 4.74 Å². The van der Waals surface area contributed by atoms with E-state index in [1.54, 1.807) is 17.3 Å². The van der Waals surface area contributed by atoms with Gasteiger partial charge in [0.1, 0.15) is 17.9 Å². The first-order valence-corrected chi connectivity index (χ1v) is 10.6. The minimum atomic E-state index is -0.740. The van der Waals surface area contributed by atoms with Crippen molar-refractivity contribution >= 4 is 5.91 Å². The second kappa shape index (κ2) is 9.27. The second-order valence-corrected chi connectivity index (χ2v) is 8.06. The normalized spacial score (nSPS) is 18.6. The molecule has 4 rings (SSSR count). The first kappa shape index (κ1) is 21.0. The van der Waals surface area contributed by atoms with E-state index >= 15 is 0 Å². The van der Waals surface area contributed by atoms with Crippen LogP contribution in [0, 0.1) is 0 Å². The lowest BCUT2D eigenvalue weighted by molar-refractivity contribution is -0.141. The third kappa shape index (κ3) is 4.44. The SMILES string of the molecule is CN(C)C(=O)[C@]1(c2ccccn2)CCCN1Cc1cccc(OCc2ccccn2)c1. The average molecular weight is 417 g/mol. The molecular formula is C25H28N4O2. The summed E-state index contributed by atoms with van der Waals surface area (Å²) in [5.74, 6) is 0.871. The number of likely N-dealkylation sites (tertiary alicyclic amines) is 1. The molecule has 1 aliphatic rings.